The molecule has 2 saturated carbocycles. The molecule has 1 aromatic carbocycles. The molecule has 17 heavy (non-hydrogen) atoms. The number of fused-ring (bicyclic) bond motifs is 1. The van der Waals surface area contributed by atoms with E-state index in [0.29, 0.717) is 5.92 Å². The molecule has 0 aliphatic heterocycles. The maximum atomic E-state index is 9.53. The minimum Gasteiger partial charge on any atom is -0.367 e. The Hall–Kier alpha value is -1.01. The number of anilines is 1. The summed E-state index contributed by atoms with van der Waals surface area (Å²) in [4.78, 5) is 0. The number of hydrogen-bond acceptors (Lipinski definition) is 2. The van der Waals surface area contributed by atoms with Crippen LogP contribution in [0.15, 0.2) is 28.7 Å². The standard InChI is InChI=1S/C14H15BrN2/c15-11-3-5-12(6-4-11)17-14(9-16)7-1-2-10-8-13(10)14/h3-6,10,13,17H,1-2,7-8H2. The lowest BCUT2D eigenvalue weighted by atomic mass is 9.82. The van der Waals surface area contributed by atoms with Gasteiger partial charge in [-0.3, -0.25) is 0 Å². The monoisotopic (exact) mass is 290 g/mol. The van der Waals surface area contributed by atoms with E-state index >= 15 is 0 Å². The molecule has 0 bridgehead atoms. The molecular weight excluding hydrogens is 276 g/mol. The summed E-state index contributed by atoms with van der Waals surface area (Å²) in [5.41, 5.74) is 0.749. The molecule has 0 radical (unpaired) electrons. The van der Waals surface area contributed by atoms with Crippen LogP contribution in [0.1, 0.15) is 25.7 Å². The van der Waals surface area contributed by atoms with Crippen molar-refractivity contribution in [3.05, 3.63) is 28.7 Å². The van der Waals surface area contributed by atoms with Crippen LogP contribution < -0.4 is 5.32 Å². The molecule has 0 aromatic heterocycles. The Morgan fingerprint density at radius 1 is 1.35 bits per heavy atom. The Bertz CT molecular complexity index is 462. The van der Waals surface area contributed by atoms with Gasteiger partial charge >= 0.3 is 0 Å². The molecule has 0 saturated heterocycles. The highest BCUT2D eigenvalue weighted by Gasteiger charge is 2.55. The van der Waals surface area contributed by atoms with Crippen molar-refractivity contribution < 1.29 is 0 Å². The van der Waals surface area contributed by atoms with E-state index in [9.17, 15) is 5.26 Å². The first-order chi connectivity index (χ1) is 8.23. The Balaban J connectivity index is 1.82. The first-order valence-electron chi connectivity index (χ1n) is 6.18. The van der Waals surface area contributed by atoms with Crippen LogP contribution >= 0.6 is 15.9 Å². The van der Waals surface area contributed by atoms with Gasteiger partial charge in [-0.2, -0.15) is 5.26 Å². The lowest BCUT2D eigenvalue weighted by molar-refractivity contribution is 0.370. The minimum absolute atomic E-state index is 0.309. The van der Waals surface area contributed by atoms with Crippen LogP contribution in [0.25, 0.3) is 0 Å². The summed E-state index contributed by atoms with van der Waals surface area (Å²) in [7, 11) is 0. The largest absolute Gasteiger partial charge is 0.367 e. The van der Waals surface area contributed by atoms with Gasteiger partial charge in [0.2, 0.25) is 0 Å². The molecule has 88 valence electrons. The quantitative estimate of drug-likeness (QED) is 0.895. The zero-order chi connectivity index (χ0) is 11.9. The molecule has 2 aliphatic carbocycles. The van der Waals surface area contributed by atoms with Gasteiger partial charge in [0.05, 0.1) is 6.07 Å². The Kier molecular flexibility index (Phi) is 2.63. The van der Waals surface area contributed by atoms with Crippen LogP contribution in [0.2, 0.25) is 0 Å². The van der Waals surface area contributed by atoms with Gasteiger partial charge in [-0.05, 0) is 61.8 Å². The van der Waals surface area contributed by atoms with Crippen molar-refractivity contribution in [2.75, 3.05) is 5.32 Å². The van der Waals surface area contributed by atoms with Crippen molar-refractivity contribution in [3.8, 4) is 6.07 Å². The fourth-order valence-electron chi connectivity index (χ4n) is 3.11. The number of halogens is 1. The molecule has 2 fully saturated rings. The predicted octanol–water partition coefficient (Wildman–Crippen LogP) is 3.94. The second-order valence-electron chi connectivity index (χ2n) is 5.21. The average molecular weight is 291 g/mol. The molecule has 2 aliphatic rings. The van der Waals surface area contributed by atoms with E-state index in [0.717, 1.165) is 22.5 Å². The van der Waals surface area contributed by atoms with Crippen molar-refractivity contribution >= 4 is 21.6 Å². The summed E-state index contributed by atoms with van der Waals surface area (Å²) < 4.78 is 1.07. The van der Waals surface area contributed by atoms with Gasteiger partial charge in [0.25, 0.3) is 0 Å². The molecule has 3 heteroatoms. The normalized spacial score (nSPS) is 34.6. The zero-order valence-electron chi connectivity index (χ0n) is 9.62. The summed E-state index contributed by atoms with van der Waals surface area (Å²) in [6.45, 7) is 0. The third-order valence-electron chi connectivity index (χ3n) is 4.11. The first-order valence-corrected chi connectivity index (χ1v) is 6.98. The van der Waals surface area contributed by atoms with Crippen molar-refractivity contribution in [1.29, 1.82) is 5.26 Å². The van der Waals surface area contributed by atoms with Crippen molar-refractivity contribution in [1.82, 2.24) is 0 Å². The van der Waals surface area contributed by atoms with E-state index in [4.69, 9.17) is 0 Å². The molecule has 1 N–H and O–H groups in total. The molecule has 0 heterocycles. The number of benzene rings is 1. The third kappa shape index (κ3) is 1.95. The Labute approximate surface area is 110 Å². The number of rotatable bonds is 2. The topological polar surface area (TPSA) is 35.8 Å². The van der Waals surface area contributed by atoms with Crippen molar-refractivity contribution in [3.63, 3.8) is 0 Å². The maximum absolute atomic E-state index is 9.53. The van der Waals surface area contributed by atoms with Crippen LogP contribution in [0.4, 0.5) is 5.69 Å². The molecule has 0 spiro atoms. The fraction of sp³-hybridized carbons (Fsp3) is 0.500. The van der Waals surface area contributed by atoms with Gasteiger partial charge in [0, 0.05) is 10.2 Å². The molecule has 0 amide bonds. The highest BCUT2D eigenvalue weighted by molar-refractivity contribution is 9.10. The van der Waals surface area contributed by atoms with Gasteiger partial charge in [0.15, 0.2) is 0 Å². The summed E-state index contributed by atoms with van der Waals surface area (Å²) in [6.07, 6.45) is 4.71. The number of nitriles is 1. The first kappa shape index (κ1) is 11.1. The van der Waals surface area contributed by atoms with E-state index in [1.165, 1.54) is 19.3 Å². The SMILES string of the molecule is N#CC1(Nc2ccc(Br)cc2)CCCC2CC21. The molecular formula is C14H15BrN2. The minimum atomic E-state index is -0.309. The summed E-state index contributed by atoms with van der Waals surface area (Å²) in [5, 5.41) is 13.0. The second-order valence-corrected chi connectivity index (χ2v) is 6.13. The van der Waals surface area contributed by atoms with Crippen LogP contribution in [0, 0.1) is 23.2 Å². The van der Waals surface area contributed by atoms with E-state index in [1.54, 1.807) is 0 Å². The van der Waals surface area contributed by atoms with E-state index in [2.05, 4.69) is 27.3 Å². The smallest absolute Gasteiger partial charge is 0.128 e. The lowest BCUT2D eigenvalue weighted by Crippen LogP contribution is -2.41. The maximum Gasteiger partial charge on any atom is 0.128 e. The van der Waals surface area contributed by atoms with Crippen LogP contribution in [-0.2, 0) is 0 Å². The Morgan fingerprint density at radius 3 is 2.82 bits per heavy atom. The van der Waals surface area contributed by atoms with E-state index in [1.807, 2.05) is 24.3 Å². The summed E-state index contributed by atoms with van der Waals surface area (Å²) in [6, 6.07) is 10.7. The Morgan fingerprint density at radius 2 is 2.12 bits per heavy atom. The van der Waals surface area contributed by atoms with Crippen LogP contribution in [-0.4, -0.2) is 5.54 Å². The van der Waals surface area contributed by atoms with Gasteiger partial charge in [0.1, 0.15) is 5.54 Å². The highest BCUT2D eigenvalue weighted by atomic mass is 79.9. The summed E-state index contributed by atoms with van der Waals surface area (Å²) >= 11 is 3.43. The molecule has 2 nitrogen and oxygen atoms in total. The lowest BCUT2D eigenvalue weighted by Gasteiger charge is -2.32. The predicted molar refractivity (Wildman–Crippen MR) is 71.6 cm³/mol. The van der Waals surface area contributed by atoms with Crippen LogP contribution in [0.5, 0.6) is 0 Å². The van der Waals surface area contributed by atoms with Crippen LogP contribution in [0.3, 0.4) is 0 Å². The number of nitrogens with zero attached hydrogens (tertiary/aromatic N) is 1. The fourth-order valence-corrected chi connectivity index (χ4v) is 3.38. The second kappa shape index (κ2) is 4.03. The number of hydrogen-bond donors (Lipinski definition) is 1. The van der Waals surface area contributed by atoms with Gasteiger partial charge in [-0.1, -0.05) is 15.9 Å². The molecule has 3 unspecified atom stereocenters. The molecule has 1 aromatic rings. The number of nitrogens with one attached hydrogen (secondary N) is 1. The van der Waals surface area contributed by atoms with Gasteiger partial charge in [-0.25, -0.2) is 0 Å². The highest BCUT2D eigenvalue weighted by Crippen LogP contribution is 2.55. The molecule has 3 rings (SSSR count). The van der Waals surface area contributed by atoms with Gasteiger partial charge < -0.3 is 5.32 Å². The van der Waals surface area contributed by atoms with Crippen molar-refractivity contribution in [2.24, 2.45) is 11.8 Å². The zero-order valence-corrected chi connectivity index (χ0v) is 11.2. The average Bonchev–Trinajstić information content (AvgIpc) is 3.13. The molecule has 3 atom stereocenters. The van der Waals surface area contributed by atoms with E-state index < -0.39 is 0 Å². The van der Waals surface area contributed by atoms with Gasteiger partial charge in [-0.15, -0.1) is 0 Å². The van der Waals surface area contributed by atoms with E-state index in [-0.39, 0.29) is 5.54 Å². The summed E-state index contributed by atoms with van der Waals surface area (Å²) in [5.74, 6) is 1.37. The third-order valence-corrected chi connectivity index (χ3v) is 4.64. The van der Waals surface area contributed by atoms with Crippen molar-refractivity contribution in [2.45, 2.75) is 31.2 Å².